The van der Waals surface area contributed by atoms with E-state index in [1.54, 1.807) is 4.90 Å². The van der Waals surface area contributed by atoms with E-state index in [1.807, 2.05) is 37.3 Å². The minimum Gasteiger partial charge on any atom is -0.352 e. The fraction of sp³-hybridized carbons (Fsp3) is 0.238. The van der Waals surface area contributed by atoms with Crippen LogP contribution in [0.2, 0.25) is 0 Å². The topological polar surface area (TPSA) is 74.2 Å². The first kappa shape index (κ1) is 18.8. The summed E-state index contributed by atoms with van der Waals surface area (Å²) in [7, 11) is 0. The molecule has 1 saturated heterocycles. The number of pyridine rings is 1. The van der Waals surface area contributed by atoms with Crippen LogP contribution in [0.3, 0.4) is 0 Å². The van der Waals surface area contributed by atoms with Gasteiger partial charge in [0.2, 0.25) is 0 Å². The fourth-order valence-corrected chi connectivity index (χ4v) is 3.22. The number of piperazine rings is 1. The standard InChI is InChI=1S/C21H21FN6O/c1-15-3-2-4-18(23-15)24-19-9-10-20(26-25-19)27-11-13-28(14-12-27)21(29)16-5-7-17(22)8-6-16/h2-10H,11-14H2,1H3,(H,23,24,25). The maximum atomic E-state index is 13.0. The van der Waals surface area contributed by atoms with Gasteiger partial charge in [-0.3, -0.25) is 4.79 Å². The van der Waals surface area contributed by atoms with Gasteiger partial charge >= 0.3 is 0 Å². The molecule has 0 atom stereocenters. The number of hydrogen-bond donors (Lipinski definition) is 1. The molecule has 1 aliphatic rings. The molecule has 1 aliphatic heterocycles. The molecule has 1 N–H and O–H groups in total. The number of hydrogen-bond acceptors (Lipinski definition) is 6. The summed E-state index contributed by atoms with van der Waals surface area (Å²) in [4.78, 5) is 20.8. The first-order valence-corrected chi connectivity index (χ1v) is 9.43. The Morgan fingerprint density at radius 2 is 1.69 bits per heavy atom. The maximum absolute atomic E-state index is 13.0. The summed E-state index contributed by atoms with van der Waals surface area (Å²) in [5, 5.41) is 11.7. The zero-order valence-electron chi connectivity index (χ0n) is 16.0. The SMILES string of the molecule is Cc1cccc(Nc2ccc(N3CCN(C(=O)c4ccc(F)cc4)CC3)nn2)n1. The Hall–Kier alpha value is -3.55. The number of rotatable bonds is 4. The molecule has 4 rings (SSSR count). The number of carbonyl (C=O) groups excluding carboxylic acids is 1. The van der Waals surface area contributed by atoms with Gasteiger partial charge in [0.1, 0.15) is 11.6 Å². The van der Waals surface area contributed by atoms with Crippen molar-refractivity contribution in [2.24, 2.45) is 0 Å². The lowest BCUT2D eigenvalue weighted by Gasteiger charge is -2.35. The molecule has 3 heterocycles. The summed E-state index contributed by atoms with van der Waals surface area (Å²) < 4.78 is 13.0. The van der Waals surface area contributed by atoms with Gasteiger partial charge in [0, 0.05) is 37.4 Å². The second kappa shape index (κ2) is 8.22. The Morgan fingerprint density at radius 3 is 2.34 bits per heavy atom. The minimum absolute atomic E-state index is 0.0825. The normalized spacial score (nSPS) is 14.0. The minimum atomic E-state index is -0.346. The molecule has 0 unspecified atom stereocenters. The molecule has 0 radical (unpaired) electrons. The van der Waals surface area contributed by atoms with Crippen molar-refractivity contribution in [1.82, 2.24) is 20.1 Å². The molecule has 29 heavy (non-hydrogen) atoms. The van der Waals surface area contributed by atoms with Gasteiger partial charge < -0.3 is 15.1 Å². The fourth-order valence-electron chi connectivity index (χ4n) is 3.22. The van der Waals surface area contributed by atoms with Crippen molar-refractivity contribution in [3.05, 3.63) is 71.7 Å². The molecule has 0 aliphatic carbocycles. The van der Waals surface area contributed by atoms with Crippen LogP contribution in [0.4, 0.5) is 21.8 Å². The van der Waals surface area contributed by atoms with Crippen molar-refractivity contribution in [2.45, 2.75) is 6.92 Å². The number of amides is 1. The summed E-state index contributed by atoms with van der Waals surface area (Å²) in [6, 6.07) is 15.2. The second-order valence-corrected chi connectivity index (χ2v) is 6.85. The van der Waals surface area contributed by atoms with Gasteiger partial charge in [-0.2, -0.15) is 0 Å². The van der Waals surface area contributed by atoms with Crippen LogP contribution < -0.4 is 10.2 Å². The largest absolute Gasteiger partial charge is 0.352 e. The van der Waals surface area contributed by atoms with Crippen LogP contribution in [0.1, 0.15) is 16.1 Å². The van der Waals surface area contributed by atoms with Crippen LogP contribution in [0, 0.1) is 12.7 Å². The van der Waals surface area contributed by atoms with E-state index in [1.165, 1.54) is 24.3 Å². The van der Waals surface area contributed by atoms with Crippen LogP contribution in [-0.4, -0.2) is 52.2 Å². The van der Waals surface area contributed by atoms with Crippen LogP contribution in [0.15, 0.2) is 54.6 Å². The van der Waals surface area contributed by atoms with Gasteiger partial charge in [-0.25, -0.2) is 9.37 Å². The third-order valence-electron chi connectivity index (χ3n) is 4.78. The summed E-state index contributed by atoms with van der Waals surface area (Å²) in [6.45, 7) is 4.40. The summed E-state index contributed by atoms with van der Waals surface area (Å²) in [5.41, 5.74) is 1.42. The predicted molar refractivity (Wildman–Crippen MR) is 109 cm³/mol. The van der Waals surface area contributed by atoms with Gasteiger partial charge in [-0.15, -0.1) is 10.2 Å². The first-order valence-electron chi connectivity index (χ1n) is 9.43. The lowest BCUT2D eigenvalue weighted by Crippen LogP contribution is -2.49. The van der Waals surface area contributed by atoms with Gasteiger partial charge in [0.05, 0.1) is 0 Å². The lowest BCUT2D eigenvalue weighted by atomic mass is 10.2. The van der Waals surface area contributed by atoms with Crippen molar-refractivity contribution >= 4 is 23.4 Å². The number of benzene rings is 1. The molecule has 1 aromatic carbocycles. The Labute approximate surface area is 168 Å². The van der Waals surface area contributed by atoms with E-state index in [9.17, 15) is 9.18 Å². The molecule has 148 valence electrons. The van der Waals surface area contributed by atoms with Crippen molar-refractivity contribution in [3.8, 4) is 0 Å². The zero-order valence-corrected chi connectivity index (χ0v) is 16.0. The number of anilines is 3. The average Bonchev–Trinajstić information content (AvgIpc) is 2.75. The molecule has 0 saturated carbocycles. The van der Waals surface area contributed by atoms with E-state index in [2.05, 4.69) is 25.4 Å². The number of nitrogens with one attached hydrogen (secondary N) is 1. The Morgan fingerprint density at radius 1 is 0.931 bits per heavy atom. The molecule has 0 spiro atoms. The monoisotopic (exact) mass is 392 g/mol. The average molecular weight is 392 g/mol. The summed E-state index contributed by atoms with van der Waals surface area (Å²) >= 11 is 0. The number of nitrogens with zero attached hydrogens (tertiary/aromatic N) is 5. The molecular weight excluding hydrogens is 371 g/mol. The number of carbonyl (C=O) groups is 1. The zero-order chi connectivity index (χ0) is 20.2. The van der Waals surface area contributed by atoms with Crippen molar-refractivity contribution in [3.63, 3.8) is 0 Å². The number of aryl methyl sites for hydroxylation is 1. The van der Waals surface area contributed by atoms with E-state index >= 15 is 0 Å². The molecular formula is C21H21FN6O. The van der Waals surface area contributed by atoms with Gasteiger partial charge in [-0.1, -0.05) is 6.07 Å². The van der Waals surface area contributed by atoms with Crippen LogP contribution in [0.5, 0.6) is 0 Å². The quantitative estimate of drug-likeness (QED) is 0.736. The highest BCUT2D eigenvalue weighted by atomic mass is 19.1. The van der Waals surface area contributed by atoms with Crippen LogP contribution in [-0.2, 0) is 0 Å². The maximum Gasteiger partial charge on any atom is 0.253 e. The van der Waals surface area contributed by atoms with Crippen LogP contribution in [0.25, 0.3) is 0 Å². The van der Waals surface area contributed by atoms with Crippen LogP contribution >= 0.6 is 0 Å². The molecule has 3 aromatic rings. The van der Waals surface area contributed by atoms with E-state index in [-0.39, 0.29) is 11.7 Å². The highest BCUT2D eigenvalue weighted by Crippen LogP contribution is 2.18. The highest BCUT2D eigenvalue weighted by Gasteiger charge is 2.23. The van der Waals surface area contributed by atoms with E-state index in [0.29, 0.717) is 37.6 Å². The highest BCUT2D eigenvalue weighted by molar-refractivity contribution is 5.94. The Kier molecular flexibility index (Phi) is 5.33. The van der Waals surface area contributed by atoms with Crippen molar-refractivity contribution < 1.29 is 9.18 Å². The molecule has 1 fully saturated rings. The Balaban J connectivity index is 1.34. The summed E-state index contributed by atoms with van der Waals surface area (Å²) in [5.74, 6) is 1.68. The number of halogens is 1. The Bertz CT molecular complexity index is 985. The van der Waals surface area contributed by atoms with Crippen molar-refractivity contribution in [1.29, 1.82) is 0 Å². The van der Waals surface area contributed by atoms with Crippen molar-refractivity contribution in [2.75, 3.05) is 36.4 Å². The summed E-state index contributed by atoms with van der Waals surface area (Å²) in [6.07, 6.45) is 0. The molecule has 2 aromatic heterocycles. The van der Waals surface area contributed by atoms with Gasteiger partial charge in [0.15, 0.2) is 11.6 Å². The molecule has 7 nitrogen and oxygen atoms in total. The molecule has 0 bridgehead atoms. The van der Waals surface area contributed by atoms with E-state index in [0.717, 1.165) is 17.3 Å². The number of aromatic nitrogens is 3. The third kappa shape index (κ3) is 4.48. The van der Waals surface area contributed by atoms with E-state index < -0.39 is 0 Å². The first-order chi connectivity index (χ1) is 14.1. The predicted octanol–water partition coefficient (Wildman–Crippen LogP) is 3.03. The van der Waals surface area contributed by atoms with Gasteiger partial charge in [0.25, 0.3) is 5.91 Å². The smallest absolute Gasteiger partial charge is 0.253 e. The van der Waals surface area contributed by atoms with Gasteiger partial charge in [-0.05, 0) is 55.5 Å². The molecule has 1 amide bonds. The molecule has 8 heteroatoms. The van der Waals surface area contributed by atoms with E-state index in [4.69, 9.17) is 0 Å². The lowest BCUT2D eigenvalue weighted by molar-refractivity contribution is 0.0746. The third-order valence-corrected chi connectivity index (χ3v) is 4.78. The second-order valence-electron chi connectivity index (χ2n) is 6.85.